The highest BCUT2D eigenvalue weighted by Crippen LogP contribution is 2.42. The summed E-state index contributed by atoms with van der Waals surface area (Å²) in [5.41, 5.74) is 10.3. The SMILES string of the molecule is COc1c(C(C)n2nc(C)c3c(N)ncnc32)cc(C)c(C#N)c1C1CN(C(=O)O)C1. The van der Waals surface area contributed by atoms with E-state index >= 15 is 0 Å². The lowest BCUT2D eigenvalue weighted by Gasteiger charge is -2.39. The Morgan fingerprint density at radius 3 is 2.71 bits per heavy atom. The molecule has 4 rings (SSSR count). The van der Waals surface area contributed by atoms with E-state index in [2.05, 4.69) is 21.1 Å². The smallest absolute Gasteiger partial charge is 0.407 e. The minimum absolute atomic E-state index is 0.111. The quantitative estimate of drug-likeness (QED) is 0.654. The normalized spacial score (nSPS) is 14.9. The second kappa shape index (κ2) is 7.43. The first-order valence-corrected chi connectivity index (χ1v) is 9.83. The number of aromatic nitrogens is 4. The number of aryl methyl sites for hydroxylation is 2. The number of anilines is 1. The standard InChI is InChI=1S/C21H23N7O3/c1-10-5-14(12(3)28-20-16(11(2)26-28)19(23)24-9-25-20)18(31-4)17(15(10)6-22)13-7-27(8-13)21(29)30/h5,9,12-13H,7-8H2,1-4H3,(H,29,30)(H2,23,24,25). The zero-order valence-corrected chi connectivity index (χ0v) is 17.7. The molecule has 2 aromatic heterocycles. The van der Waals surface area contributed by atoms with E-state index in [1.54, 1.807) is 11.8 Å². The van der Waals surface area contributed by atoms with Crippen molar-refractivity contribution in [1.29, 1.82) is 5.26 Å². The predicted octanol–water partition coefficient (Wildman–Crippen LogP) is 2.59. The number of hydrogen-bond donors (Lipinski definition) is 2. The molecule has 1 aromatic carbocycles. The molecule has 1 aliphatic heterocycles. The van der Waals surface area contributed by atoms with Gasteiger partial charge in [0, 0.05) is 30.1 Å². The van der Waals surface area contributed by atoms with Crippen LogP contribution in [0.4, 0.5) is 10.6 Å². The molecule has 1 amide bonds. The molecule has 1 saturated heterocycles. The monoisotopic (exact) mass is 421 g/mol. The molecular formula is C21H23N7O3. The lowest BCUT2D eigenvalue weighted by atomic mass is 9.83. The number of carbonyl (C=O) groups is 1. The van der Waals surface area contributed by atoms with Gasteiger partial charge in [0.2, 0.25) is 0 Å². The molecule has 10 nitrogen and oxygen atoms in total. The number of ether oxygens (including phenoxy) is 1. The molecule has 1 fully saturated rings. The molecule has 10 heteroatoms. The average Bonchev–Trinajstić information content (AvgIpc) is 3.03. The van der Waals surface area contributed by atoms with Crippen LogP contribution in [0.25, 0.3) is 11.0 Å². The van der Waals surface area contributed by atoms with Crippen molar-refractivity contribution >= 4 is 22.9 Å². The summed E-state index contributed by atoms with van der Waals surface area (Å²) in [6.07, 6.45) is 0.439. The van der Waals surface area contributed by atoms with Crippen molar-refractivity contribution < 1.29 is 14.6 Å². The van der Waals surface area contributed by atoms with Crippen LogP contribution in [0.3, 0.4) is 0 Å². The van der Waals surface area contributed by atoms with Gasteiger partial charge < -0.3 is 20.5 Å². The summed E-state index contributed by atoms with van der Waals surface area (Å²) in [6, 6.07) is 3.92. The number of nitrogen functional groups attached to an aromatic ring is 1. The summed E-state index contributed by atoms with van der Waals surface area (Å²) < 4.78 is 7.57. The maximum atomic E-state index is 11.2. The number of rotatable bonds is 4. The number of amides is 1. The Bertz CT molecular complexity index is 1240. The van der Waals surface area contributed by atoms with Gasteiger partial charge in [-0.15, -0.1) is 0 Å². The minimum Gasteiger partial charge on any atom is -0.496 e. The Hall–Kier alpha value is -3.87. The van der Waals surface area contributed by atoms with Crippen LogP contribution in [-0.2, 0) is 0 Å². The summed E-state index contributed by atoms with van der Waals surface area (Å²) in [7, 11) is 1.56. The molecule has 3 N–H and O–H groups in total. The first kappa shape index (κ1) is 20.4. The van der Waals surface area contributed by atoms with Crippen LogP contribution in [0, 0.1) is 25.2 Å². The predicted molar refractivity (Wildman–Crippen MR) is 113 cm³/mol. The zero-order chi connectivity index (χ0) is 22.4. The fourth-order valence-corrected chi connectivity index (χ4v) is 4.32. The van der Waals surface area contributed by atoms with E-state index < -0.39 is 6.09 Å². The Morgan fingerprint density at radius 2 is 2.10 bits per heavy atom. The molecule has 1 atom stereocenters. The minimum atomic E-state index is -0.967. The Labute approximate surface area is 178 Å². The van der Waals surface area contributed by atoms with Crippen molar-refractivity contribution in [2.24, 2.45) is 0 Å². The maximum absolute atomic E-state index is 11.2. The highest BCUT2D eigenvalue weighted by atomic mass is 16.5. The molecule has 0 saturated carbocycles. The second-order valence-corrected chi connectivity index (χ2v) is 7.76. The summed E-state index contributed by atoms with van der Waals surface area (Å²) in [4.78, 5) is 21.0. The van der Waals surface area contributed by atoms with Gasteiger partial charge in [0.05, 0.1) is 35.9 Å². The van der Waals surface area contributed by atoms with Crippen LogP contribution in [0.5, 0.6) is 5.75 Å². The molecule has 0 radical (unpaired) electrons. The van der Waals surface area contributed by atoms with Crippen LogP contribution in [0.2, 0.25) is 0 Å². The van der Waals surface area contributed by atoms with Gasteiger partial charge in [-0.3, -0.25) is 0 Å². The molecule has 3 heterocycles. The average molecular weight is 421 g/mol. The van der Waals surface area contributed by atoms with E-state index in [0.29, 0.717) is 41.3 Å². The van der Waals surface area contributed by atoms with E-state index in [1.165, 1.54) is 11.2 Å². The van der Waals surface area contributed by atoms with Crippen molar-refractivity contribution in [2.45, 2.75) is 32.7 Å². The van der Waals surface area contributed by atoms with Crippen LogP contribution >= 0.6 is 0 Å². The summed E-state index contributed by atoms with van der Waals surface area (Å²) in [5.74, 6) is 0.835. The van der Waals surface area contributed by atoms with E-state index in [4.69, 9.17) is 10.5 Å². The number of carboxylic acid groups (broad SMARTS) is 1. The molecule has 160 valence electrons. The number of nitrogens with zero attached hydrogens (tertiary/aromatic N) is 6. The first-order valence-electron chi connectivity index (χ1n) is 9.83. The van der Waals surface area contributed by atoms with Crippen LogP contribution in [0.15, 0.2) is 12.4 Å². The van der Waals surface area contributed by atoms with Crippen LogP contribution < -0.4 is 10.5 Å². The molecule has 0 bridgehead atoms. The molecule has 0 spiro atoms. The largest absolute Gasteiger partial charge is 0.496 e. The third-order valence-electron chi connectivity index (χ3n) is 5.93. The van der Waals surface area contributed by atoms with Gasteiger partial charge in [-0.25, -0.2) is 19.4 Å². The highest BCUT2D eigenvalue weighted by Gasteiger charge is 2.37. The Balaban J connectivity index is 1.87. The third kappa shape index (κ3) is 3.09. The van der Waals surface area contributed by atoms with Gasteiger partial charge in [0.1, 0.15) is 17.9 Å². The number of likely N-dealkylation sites (tertiary alicyclic amines) is 1. The fourth-order valence-electron chi connectivity index (χ4n) is 4.32. The van der Waals surface area contributed by atoms with Gasteiger partial charge in [0.25, 0.3) is 0 Å². The molecule has 31 heavy (non-hydrogen) atoms. The van der Waals surface area contributed by atoms with Crippen molar-refractivity contribution in [2.75, 3.05) is 25.9 Å². The number of hydrogen-bond acceptors (Lipinski definition) is 7. The number of nitriles is 1. The number of fused-ring (bicyclic) bond motifs is 1. The van der Waals surface area contributed by atoms with E-state index in [0.717, 1.165) is 22.4 Å². The maximum Gasteiger partial charge on any atom is 0.407 e. The van der Waals surface area contributed by atoms with E-state index in [1.807, 2.05) is 26.8 Å². The molecular weight excluding hydrogens is 398 g/mol. The summed E-state index contributed by atoms with van der Waals surface area (Å²) in [6.45, 7) is 6.35. The summed E-state index contributed by atoms with van der Waals surface area (Å²) >= 11 is 0. The van der Waals surface area contributed by atoms with E-state index in [9.17, 15) is 15.2 Å². The van der Waals surface area contributed by atoms with Gasteiger partial charge in [-0.2, -0.15) is 10.4 Å². The van der Waals surface area contributed by atoms with Crippen molar-refractivity contribution in [3.8, 4) is 11.8 Å². The zero-order valence-electron chi connectivity index (χ0n) is 17.7. The van der Waals surface area contributed by atoms with Crippen molar-refractivity contribution in [3.63, 3.8) is 0 Å². The first-order chi connectivity index (χ1) is 14.8. The molecule has 1 aliphatic rings. The van der Waals surface area contributed by atoms with Crippen molar-refractivity contribution in [1.82, 2.24) is 24.6 Å². The second-order valence-electron chi connectivity index (χ2n) is 7.76. The van der Waals surface area contributed by atoms with E-state index in [-0.39, 0.29) is 12.0 Å². The Morgan fingerprint density at radius 1 is 1.39 bits per heavy atom. The van der Waals surface area contributed by atoms with Gasteiger partial charge in [0.15, 0.2) is 5.65 Å². The van der Waals surface area contributed by atoms with Gasteiger partial charge in [-0.05, 0) is 32.4 Å². The molecule has 1 unspecified atom stereocenters. The molecule has 0 aliphatic carbocycles. The lowest BCUT2D eigenvalue weighted by molar-refractivity contribution is 0.104. The van der Waals surface area contributed by atoms with Crippen LogP contribution in [-0.4, -0.2) is 56.0 Å². The molecule has 3 aromatic rings. The summed E-state index contributed by atoms with van der Waals surface area (Å²) in [5, 5.41) is 24.4. The number of nitrogens with two attached hydrogens (primary N) is 1. The fraction of sp³-hybridized carbons (Fsp3) is 0.381. The number of methoxy groups -OCH3 is 1. The highest BCUT2D eigenvalue weighted by molar-refractivity contribution is 5.88. The number of benzene rings is 1. The lowest BCUT2D eigenvalue weighted by Crippen LogP contribution is -2.48. The van der Waals surface area contributed by atoms with Crippen molar-refractivity contribution in [3.05, 3.63) is 40.3 Å². The Kier molecular flexibility index (Phi) is 4.89. The third-order valence-corrected chi connectivity index (χ3v) is 5.93. The van der Waals surface area contributed by atoms with Crippen LogP contribution in [0.1, 0.15) is 46.8 Å². The van der Waals surface area contributed by atoms with Gasteiger partial charge >= 0.3 is 6.09 Å². The topological polar surface area (TPSA) is 143 Å². The van der Waals surface area contributed by atoms with Gasteiger partial charge in [-0.1, -0.05) is 0 Å².